The highest BCUT2D eigenvalue weighted by Gasteiger charge is 2.41. The molecule has 8 nitrogen and oxygen atoms in total. The Kier molecular flexibility index (Phi) is 4.72. The zero-order chi connectivity index (χ0) is 23.6. The summed E-state index contributed by atoms with van der Waals surface area (Å²) in [5, 5.41) is 5.20. The Labute approximate surface area is 197 Å². The van der Waals surface area contributed by atoms with Gasteiger partial charge in [0.05, 0.1) is 11.9 Å². The molecule has 0 atom stereocenters. The summed E-state index contributed by atoms with van der Waals surface area (Å²) in [5.41, 5.74) is 12.5. The van der Waals surface area contributed by atoms with Crippen LogP contribution in [0.1, 0.15) is 71.6 Å². The van der Waals surface area contributed by atoms with E-state index >= 15 is 0 Å². The summed E-state index contributed by atoms with van der Waals surface area (Å²) in [4.78, 5) is 24.7. The van der Waals surface area contributed by atoms with E-state index in [1.807, 2.05) is 4.90 Å². The van der Waals surface area contributed by atoms with Crippen LogP contribution < -0.4 is 5.73 Å². The monoisotopic (exact) mass is 456 g/mol. The van der Waals surface area contributed by atoms with Crippen molar-refractivity contribution in [1.82, 2.24) is 24.6 Å². The molecular weight excluding hydrogens is 428 g/mol. The minimum atomic E-state index is -0.0270. The Morgan fingerprint density at radius 2 is 2.03 bits per heavy atom. The van der Waals surface area contributed by atoms with Gasteiger partial charge in [-0.25, -0.2) is 9.97 Å². The summed E-state index contributed by atoms with van der Waals surface area (Å²) >= 11 is 0. The van der Waals surface area contributed by atoms with Crippen molar-refractivity contribution in [2.24, 2.45) is 0 Å². The molecule has 0 radical (unpaired) electrons. The lowest BCUT2D eigenvalue weighted by atomic mass is 10.0. The fourth-order valence-electron chi connectivity index (χ4n) is 5.20. The fourth-order valence-corrected chi connectivity index (χ4v) is 5.20. The van der Waals surface area contributed by atoms with Gasteiger partial charge in [0, 0.05) is 29.8 Å². The number of carbonyl (C=O) groups is 1. The minimum absolute atomic E-state index is 0.0270. The highest BCUT2D eigenvalue weighted by molar-refractivity contribution is 6.09. The second-order valence-corrected chi connectivity index (χ2v) is 9.75. The number of hydrogen-bond acceptors (Lipinski definition) is 6. The van der Waals surface area contributed by atoms with Crippen LogP contribution in [0.2, 0.25) is 0 Å². The van der Waals surface area contributed by atoms with E-state index in [4.69, 9.17) is 10.3 Å². The zero-order valence-corrected chi connectivity index (χ0v) is 19.7. The molecule has 1 aliphatic carbocycles. The van der Waals surface area contributed by atoms with Crippen LogP contribution in [-0.4, -0.2) is 37.0 Å². The molecule has 0 spiro atoms. The van der Waals surface area contributed by atoms with Crippen LogP contribution in [0.4, 0.5) is 5.82 Å². The van der Waals surface area contributed by atoms with Gasteiger partial charge in [-0.15, -0.1) is 0 Å². The molecule has 0 bridgehead atoms. The van der Waals surface area contributed by atoms with Crippen molar-refractivity contribution < 1.29 is 9.32 Å². The molecule has 2 aliphatic rings. The fraction of sp³-hybridized carbons (Fsp3) is 0.385. The van der Waals surface area contributed by atoms with E-state index in [1.165, 1.54) is 17.5 Å². The molecule has 3 aromatic heterocycles. The minimum Gasteiger partial charge on any atom is -0.383 e. The first-order valence-electron chi connectivity index (χ1n) is 11.9. The Morgan fingerprint density at radius 3 is 2.76 bits per heavy atom. The second-order valence-electron chi connectivity index (χ2n) is 9.75. The summed E-state index contributed by atoms with van der Waals surface area (Å²) in [7, 11) is 0. The van der Waals surface area contributed by atoms with Crippen LogP contribution in [0.25, 0.3) is 22.3 Å². The molecule has 174 valence electrons. The number of anilines is 1. The van der Waals surface area contributed by atoms with E-state index in [0.717, 1.165) is 41.6 Å². The smallest absolute Gasteiger partial charge is 0.260 e. The molecule has 2 N–H and O–H groups in total. The van der Waals surface area contributed by atoms with Crippen molar-refractivity contribution in [2.75, 3.05) is 12.3 Å². The third kappa shape index (κ3) is 3.20. The number of nitrogens with two attached hydrogens (primary N) is 1. The molecule has 0 unspecified atom stereocenters. The van der Waals surface area contributed by atoms with Crippen molar-refractivity contribution in [1.29, 1.82) is 0 Å². The number of rotatable bonds is 5. The molecule has 1 aliphatic heterocycles. The molecule has 8 heteroatoms. The number of aromatic nitrogens is 4. The number of benzene rings is 1. The standard InChI is InChI=1S/C26H28N6O2/c1-14(2)32-18-12-31(10-9-16-6-4-5-15(3)11-16)26(33)21-22(30-34-23(21)17-7-8-17)19(18)20-24(27)28-13-29-25(20)32/h4-6,11,13-14,17H,7-10,12H2,1-3H3,(H2,27,28,29). The summed E-state index contributed by atoms with van der Waals surface area (Å²) in [6.45, 7) is 7.36. The van der Waals surface area contributed by atoms with Crippen LogP contribution in [0, 0.1) is 6.92 Å². The Hall–Kier alpha value is -3.68. The van der Waals surface area contributed by atoms with Crippen molar-refractivity contribution in [3.05, 3.63) is 58.7 Å². The number of carbonyl (C=O) groups excluding carboxylic acids is 1. The van der Waals surface area contributed by atoms with Crippen LogP contribution in [-0.2, 0) is 13.0 Å². The molecule has 34 heavy (non-hydrogen) atoms. The van der Waals surface area contributed by atoms with E-state index in [1.54, 1.807) is 0 Å². The van der Waals surface area contributed by atoms with E-state index in [-0.39, 0.29) is 17.9 Å². The third-order valence-corrected chi connectivity index (χ3v) is 6.93. The van der Waals surface area contributed by atoms with Crippen LogP contribution in [0.15, 0.2) is 35.1 Å². The van der Waals surface area contributed by atoms with Crippen LogP contribution in [0.3, 0.4) is 0 Å². The maximum absolute atomic E-state index is 14.0. The maximum Gasteiger partial charge on any atom is 0.260 e. The highest BCUT2D eigenvalue weighted by atomic mass is 16.5. The van der Waals surface area contributed by atoms with E-state index in [9.17, 15) is 4.79 Å². The van der Waals surface area contributed by atoms with Gasteiger partial charge >= 0.3 is 0 Å². The van der Waals surface area contributed by atoms with E-state index in [0.29, 0.717) is 35.9 Å². The van der Waals surface area contributed by atoms with Gasteiger partial charge < -0.3 is 19.7 Å². The molecule has 1 fully saturated rings. The topological polar surface area (TPSA) is 103 Å². The summed E-state index contributed by atoms with van der Waals surface area (Å²) in [5.74, 6) is 1.32. The number of fused-ring (bicyclic) bond motifs is 5. The van der Waals surface area contributed by atoms with Crippen molar-refractivity contribution in [3.63, 3.8) is 0 Å². The molecular formula is C26H28N6O2. The molecule has 4 aromatic rings. The number of aryl methyl sites for hydroxylation is 1. The zero-order valence-electron chi connectivity index (χ0n) is 19.7. The summed E-state index contributed by atoms with van der Waals surface area (Å²) in [6, 6.07) is 8.56. The van der Waals surface area contributed by atoms with Gasteiger partial charge in [0.15, 0.2) is 5.76 Å². The van der Waals surface area contributed by atoms with Crippen LogP contribution >= 0.6 is 0 Å². The Morgan fingerprint density at radius 1 is 1.21 bits per heavy atom. The Bertz CT molecular complexity index is 1430. The molecule has 1 amide bonds. The number of hydrogen-bond donors (Lipinski definition) is 1. The lowest BCUT2D eigenvalue weighted by Crippen LogP contribution is -2.33. The van der Waals surface area contributed by atoms with E-state index in [2.05, 4.69) is 64.7 Å². The first-order chi connectivity index (χ1) is 16.4. The predicted octanol–water partition coefficient (Wildman–Crippen LogP) is 4.63. The van der Waals surface area contributed by atoms with Crippen molar-refractivity contribution in [3.8, 4) is 11.3 Å². The quantitative estimate of drug-likeness (QED) is 0.469. The van der Waals surface area contributed by atoms with Gasteiger partial charge in [-0.3, -0.25) is 4.79 Å². The first kappa shape index (κ1) is 20.9. The predicted molar refractivity (Wildman–Crippen MR) is 129 cm³/mol. The molecule has 1 saturated carbocycles. The Balaban J connectivity index is 1.54. The van der Waals surface area contributed by atoms with Crippen LogP contribution in [0.5, 0.6) is 0 Å². The number of nitrogen functional groups attached to an aromatic ring is 1. The summed E-state index contributed by atoms with van der Waals surface area (Å²) in [6.07, 6.45) is 4.30. The van der Waals surface area contributed by atoms with Gasteiger partial charge in [0.1, 0.15) is 29.0 Å². The molecule has 6 rings (SSSR count). The average molecular weight is 457 g/mol. The second kappa shape index (κ2) is 7.68. The highest BCUT2D eigenvalue weighted by Crippen LogP contribution is 2.48. The lowest BCUT2D eigenvalue weighted by Gasteiger charge is -2.23. The largest absolute Gasteiger partial charge is 0.383 e. The van der Waals surface area contributed by atoms with Gasteiger partial charge in [-0.05, 0) is 45.6 Å². The van der Waals surface area contributed by atoms with E-state index < -0.39 is 0 Å². The number of amides is 1. The molecule has 4 heterocycles. The SMILES string of the molecule is Cc1cccc(CCN2Cc3c(c4c(N)ncnc4n3C(C)C)-c3noc(C4CC4)c3C2=O)c1. The average Bonchev–Trinajstić information content (AvgIpc) is 3.49. The third-order valence-electron chi connectivity index (χ3n) is 6.93. The first-order valence-corrected chi connectivity index (χ1v) is 11.9. The van der Waals surface area contributed by atoms with Gasteiger partial charge in [0.2, 0.25) is 0 Å². The number of nitrogens with zero attached hydrogens (tertiary/aromatic N) is 5. The summed E-state index contributed by atoms with van der Waals surface area (Å²) < 4.78 is 7.98. The molecule has 1 aromatic carbocycles. The van der Waals surface area contributed by atoms with Gasteiger partial charge in [0.25, 0.3) is 5.91 Å². The molecule has 0 saturated heterocycles. The normalized spacial score (nSPS) is 15.6. The lowest BCUT2D eigenvalue weighted by molar-refractivity contribution is 0.0742. The maximum atomic E-state index is 14.0. The van der Waals surface area contributed by atoms with Gasteiger partial charge in [-0.1, -0.05) is 35.0 Å². The van der Waals surface area contributed by atoms with Gasteiger partial charge in [-0.2, -0.15) is 0 Å². The van der Waals surface area contributed by atoms with Crippen molar-refractivity contribution >= 4 is 22.8 Å². The van der Waals surface area contributed by atoms with Crippen molar-refractivity contribution in [2.45, 2.75) is 58.5 Å².